The van der Waals surface area contributed by atoms with E-state index in [0.717, 1.165) is 6.07 Å². The van der Waals surface area contributed by atoms with Gasteiger partial charge >= 0.3 is 0 Å². The summed E-state index contributed by atoms with van der Waals surface area (Å²) in [6, 6.07) is 15.1. The van der Waals surface area contributed by atoms with Crippen LogP contribution in [0.1, 0.15) is 31.9 Å². The number of carbonyl (C=O) groups is 1. The number of rotatable bonds is 10. The number of hydrogen-bond acceptors (Lipinski definition) is 10. The van der Waals surface area contributed by atoms with E-state index in [4.69, 9.17) is 0 Å². The molecule has 0 aliphatic rings. The number of hydrogen-bond donors (Lipinski definition) is 3. The maximum Gasteiger partial charge on any atom is 0.296 e. The van der Waals surface area contributed by atoms with Crippen molar-refractivity contribution in [3.63, 3.8) is 0 Å². The van der Waals surface area contributed by atoms with Crippen LogP contribution >= 0.6 is 0 Å². The second kappa shape index (κ2) is 13.2. The number of aromatic hydroxyl groups is 1. The molecule has 0 fully saturated rings. The Hall–Kier alpha value is -4.57. The monoisotopic (exact) mass is 652 g/mol. The van der Waals surface area contributed by atoms with Gasteiger partial charge in [-0.05, 0) is 78.9 Å². The van der Waals surface area contributed by atoms with Crippen molar-refractivity contribution in [2.45, 2.75) is 44.4 Å². The summed E-state index contributed by atoms with van der Waals surface area (Å²) in [6.45, 7) is 9.03. The standard InChI is InChI=1S/C30H32N6O7S2/c1-6-36(7-2)44(39,40)23-13-11-22(12-14-23)32-33-25-15-19(4)26(16-18(25)3)34-35-29-27(45(41,42)43)17-21-9-8-10-24(31-20(5)37)28(21)30(29)38/h8-17,38H,6-7H2,1-5H3,(H,31,37)(H,41,42,43)/b33-32+,35-34+. The van der Waals surface area contributed by atoms with E-state index < -0.39 is 42.4 Å². The topological polar surface area (TPSA) is 191 Å². The highest BCUT2D eigenvalue weighted by Crippen LogP contribution is 2.44. The molecular formula is C30H32N6O7S2. The Balaban J connectivity index is 1.68. The minimum Gasteiger partial charge on any atom is -0.505 e. The maximum atomic E-state index is 12.7. The molecule has 0 aliphatic heterocycles. The average molecular weight is 653 g/mol. The Labute approximate surface area is 261 Å². The molecule has 1 amide bonds. The van der Waals surface area contributed by atoms with Crippen LogP contribution in [-0.2, 0) is 24.9 Å². The minimum atomic E-state index is -4.83. The molecule has 236 valence electrons. The van der Waals surface area contributed by atoms with Crippen molar-refractivity contribution >= 4 is 65.3 Å². The van der Waals surface area contributed by atoms with Crippen LogP contribution in [0.4, 0.5) is 28.4 Å². The summed E-state index contributed by atoms with van der Waals surface area (Å²) in [7, 11) is -8.43. The molecule has 3 N–H and O–H groups in total. The summed E-state index contributed by atoms with van der Waals surface area (Å²) in [5.41, 5.74) is 2.22. The molecule has 45 heavy (non-hydrogen) atoms. The molecule has 15 heteroatoms. The summed E-state index contributed by atoms with van der Waals surface area (Å²) >= 11 is 0. The van der Waals surface area contributed by atoms with Crippen LogP contribution in [-0.4, -0.2) is 49.8 Å². The van der Waals surface area contributed by atoms with Gasteiger partial charge in [-0.1, -0.05) is 26.0 Å². The number of aryl methyl sites for hydroxylation is 2. The van der Waals surface area contributed by atoms with Crippen LogP contribution < -0.4 is 5.32 Å². The number of fused-ring (bicyclic) bond motifs is 1. The maximum absolute atomic E-state index is 12.7. The molecule has 0 aliphatic carbocycles. The molecular weight excluding hydrogens is 620 g/mol. The van der Waals surface area contributed by atoms with E-state index in [1.165, 1.54) is 35.5 Å². The van der Waals surface area contributed by atoms with E-state index in [0.29, 0.717) is 41.3 Å². The van der Waals surface area contributed by atoms with Crippen molar-refractivity contribution in [2.24, 2.45) is 20.5 Å². The summed E-state index contributed by atoms with van der Waals surface area (Å²) in [5.74, 6) is -1.00. The van der Waals surface area contributed by atoms with Gasteiger partial charge in [0.1, 0.15) is 10.6 Å². The number of sulfonamides is 1. The Morgan fingerprint density at radius 1 is 0.844 bits per heavy atom. The molecule has 0 saturated carbocycles. The fourth-order valence-corrected chi connectivity index (χ4v) is 6.72. The van der Waals surface area contributed by atoms with Gasteiger partial charge in [-0.2, -0.15) is 28.1 Å². The zero-order valence-electron chi connectivity index (χ0n) is 25.2. The summed E-state index contributed by atoms with van der Waals surface area (Å²) < 4.78 is 61.1. The first-order chi connectivity index (χ1) is 21.2. The lowest BCUT2D eigenvalue weighted by molar-refractivity contribution is -0.114. The first kappa shape index (κ1) is 33.3. The molecule has 4 rings (SSSR count). The van der Waals surface area contributed by atoms with Gasteiger partial charge in [0.2, 0.25) is 15.9 Å². The van der Waals surface area contributed by atoms with Crippen molar-refractivity contribution < 1.29 is 31.3 Å². The zero-order valence-corrected chi connectivity index (χ0v) is 26.8. The predicted molar refractivity (Wildman–Crippen MR) is 171 cm³/mol. The van der Waals surface area contributed by atoms with Gasteiger partial charge in [-0.3, -0.25) is 9.35 Å². The Morgan fingerprint density at radius 3 is 1.96 bits per heavy atom. The predicted octanol–water partition coefficient (Wildman–Crippen LogP) is 7.23. The van der Waals surface area contributed by atoms with Gasteiger partial charge in [0, 0.05) is 25.4 Å². The molecule has 0 aromatic heterocycles. The third kappa shape index (κ3) is 7.23. The van der Waals surface area contributed by atoms with Crippen LogP contribution in [0.3, 0.4) is 0 Å². The molecule has 0 spiro atoms. The van der Waals surface area contributed by atoms with Crippen molar-refractivity contribution in [1.29, 1.82) is 0 Å². The lowest BCUT2D eigenvalue weighted by Crippen LogP contribution is -2.30. The fraction of sp³-hybridized carbons (Fsp3) is 0.233. The molecule has 0 saturated heterocycles. The smallest absolute Gasteiger partial charge is 0.296 e. The van der Waals surface area contributed by atoms with Gasteiger partial charge in [0.05, 0.1) is 27.6 Å². The van der Waals surface area contributed by atoms with E-state index in [1.54, 1.807) is 58.0 Å². The third-order valence-electron chi connectivity index (χ3n) is 6.89. The van der Waals surface area contributed by atoms with E-state index in [-0.39, 0.29) is 21.4 Å². The average Bonchev–Trinajstić information content (AvgIpc) is 2.97. The number of benzene rings is 4. The molecule has 0 radical (unpaired) electrons. The van der Waals surface area contributed by atoms with Crippen LogP contribution in [0.2, 0.25) is 0 Å². The van der Waals surface area contributed by atoms with Crippen LogP contribution in [0.15, 0.2) is 90.9 Å². The van der Waals surface area contributed by atoms with Crippen LogP contribution in [0.5, 0.6) is 5.75 Å². The van der Waals surface area contributed by atoms with E-state index in [9.17, 15) is 31.3 Å². The first-order valence-electron chi connectivity index (χ1n) is 13.8. The molecule has 4 aromatic rings. The van der Waals surface area contributed by atoms with Crippen molar-refractivity contribution in [3.8, 4) is 5.75 Å². The van der Waals surface area contributed by atoms with Gasteiger partial charge in [0.15, 0.2) is 5.75 Å². The zero-order chi connectivity index (χ0) is 33.1. The van der Waals surface area contributed by atoms with E-state index in [1.807, 2.05) is 0 Å². The highest BCUT2D eigenvalue weighted by molar-refractivity contribution is 7.89. The molecule has 0 atom stereocenters. The number of azo groups is 2. The molecule has 0 bridgehead atoms. The second-order valence-electron chi connectivity index (χ2n) is 10.0. The summed E-state index contributed by atoms with van der Waals surface area (Å²) in [6.07, 6.45) is 0. The Kier molecular flexibility index (Phi) is 9.77. The van der Waals surface area contributed by atoms with Crippen molar-refractivity contribution in [3.05, 3.63) is 71.8 Å². The van der Waals surface area contributed by atoms with Gasteiger partial charge in [-0.25, -0.2) is 8.42 Å². The summed E-state index contributed by atoms with van der Waals surface area (Å²) in [4.78, 5) is 11.2. The second-order valence-corrected chi connectivity index (χ2v) is 13.4. The Morgan fingerprint density at radius 2 is 1.42 bits per heavy atom. The molecule has 0 unspecified atom stereocenters. The number of carbonyl (C=O) groups excluding carboxylic acids is 1. The summed E-state index contributed by atoms with van der Waals surface area (Å²) in [5, 5.41) is 30.7. The first-order valence-corrected chi connectivity index (χ1v) is 16.6. The number of anilines is 1. The van der Waals surface area contributed by atoms with Gasteiger partial charge in [-0.15, -0.1) is 5.11 Å². The molecule has 13 nitrogen and oxygen atoms in total. The number of phenolic OH excluding ortho intramolecular Hbond substituents is 1. The number of phenols is 1. The van der Waals surface area contributed by atoms with Crippen LogP contribution in [0.25, 0.3) is 10.8 Å². The highest BCUT2D eigenvalue weighted by atomic mass is 32.2. The van der Waals surface area contributed by atoms with Crippen molar-refractivity contribution in [2.75, 3.05) is 18.4 Å². The number of nitrogens with one attached hydrogen (secondary N) is 1. The van der Waals surface area contributed by atoms with E-state index in [2.05, 4.69) is 25.8 Å². The highest BCUT2D eigenvalue weighted by Gasteiger charge is 2.24. The molecule has 0 heterocycles. The number of amides is 1. The lowest BCUT2D eigenvalue weighted by atomic mass is 10.1. The fourth-order valence-electron chi connectivity index (χ4n) is 4.60. The largest absolute Gasteiger partial charge is 0.505 e. The van der Waals surface area contributed by atoms with Gasteiger partial charge < -0.3 is 10.4 Å². The third-order valence-corrected chi connectivity index (χ3v) is 9.82. The minimum absolute atomic E-state index is 0.122. The SMILES string of the molecule is CCN(CC)S(=O)(=O)c1ccc(/N=N/c2cc(C)c(/N=N/c3c(S(=O)(=O)O)cc4cccc(NC(C)=O)c4c3O)cc2C)cc1. The van der Waals surface area contributed by atoms with Gasteiger partial charge in [0.25, 0.3) is 10.1 Å². The van der Waals surface area contributed by atoms with Crippen molar-refractivity contribution in [1.82, 2.24) is 4.31 Å². The quantitative estimate of drug-likeness (QED) is 0.119. The number of nitrogens with zero attached hydrogens (tertiary/aromatic N) is 5. The Bertz CT molecular complexity index is 2060. The lowest BCUT2D eigenvalue weighted by Gasteiger charge is -2.18. The van der Waals surface area contributed by atoms with E-state index >= 15 is 0 Å². The van der Waals surface area contributed by atoms with Crippen LogP contribution in [0, 0.1) is 13.8 Å². The molecule has 4 aromatic carbocycles. The normalized spacial score (nSPS) is 12.5.